The smallest absolute Gasteiger partial charge is 0.314 e. The summed E-state index contributed by atoms with van der Waals surface area (Å²) < 4.78 is 5.74. The number of hydrogen-bond acceptors (Lipinski definition) is 5. The molecule has 1 aliphatic carbocycles. The van der Waals surface area contributed by atoms with Crippen LogP contribution in [0.25, 0.3) is 0 Å². The molecule has 6 nitrogen and oxygen atoms in total. The lowest BCUT2D eigenvalue weighted by atomic mass is 9.84. The molecule has 0 aliphatic heterocycles. The average Bonchev–Trinajstić information content (AvgIpc) is 2.62. The van der Waals surface area contributed by atoms with E-state index in [0.717, 1.165) is 5.56 Å². The van der Waals surface area contributed by atoms with Crippen LogP contribution in [0.2, 0.25) is 0 Å². The molecule has 0 saturated carbocycles. The number of hydrogen-bond donors (Lipinski definition) is 2. The van der Waals surface area contributed by atoms with Crippen molar-refractivity contribution in [2.24, 2.45) is 0 Å². The Hall–Kier alpha value is -2.44. The molecule has 0 heterocycles. The highest BCUT2D eigenvalue weighted by Crippen LogP contribution is 2.41. The monoisotopic (exact) mass is 356 g/mol. The SMILES string of the molecule is CC(C)NC1CCc2c(ccc(OCc3ccccc3)c2[N+](=O)[O-])C1O. The van der Waals surface area contributed by atoms with E-state index < -0.39 is 11.0 Å². The van der Waals surface area contributed by atoms with Gasteiger partial charge in [0.15, 0.2) is 5.75 Å². The first-order valence-electron chi connectivity index (χ1n) is 8.88. The third-order valence-corrected chi connectivity index (χ3v) is 4.65. The van der Waals surface area contributed by atoms with Gasteiger partial charge in [0.25, 0.3) is 0 Å². The molecule has 0 amide bonds. The van der Waals surface area contributed by atoms with E-state index in [4.69, 9.17) is 4.74 Å². The molecule has 6 heteroatoms. The molecular weight excluding hydrogens is 332 g/mol. The van der Waals surface area contributed by atoms with Crippen LogP contribution in [-0.4, -0.2) is 22.1 Å². The van der Waals surface area contributed by atoms with E-state index in [2.05, 4.69) is 5.32 Å². The molecule has 0 bridgehead atoms. The molecule has 1 aliphatic rings. The van der Waals surface area contributed by atoms with Crippen molar-refractivity contribution < 1.29 is 14.8 Å². The Bertz CT molecular complexity index is 777. The number of nitrogens with zero attached hydrogens (tertiary/aromatic N) is 1. The van der Waals surface area contributed by atoms with Gasteiger partial charge in [-0.05, 0) is 30.0 Å². The molecule has 0 saturated heterocycles. The highest BCUT2D eigenvalue weighted by atomic mass is 16.6. The predicted molar refractivity (Wildman–Crippen MR) is 99.2 cm³/mol. The van der Waals surface area contributed by atoms with E-state index in [-0.39, 0.29) is 30.1 Å². The van der Waals surface area contributed by atoms with Crippen LogP contribution >= 0.6 is 0 Å². The van der Waals surface area contributed by atoms with E-state index in [9.17, 15) is 15.2 Å². The van der Waals surface area contributed by atoms with Crippen LogP contribution in [0.15, 0.2) is 42.5 Å². The molecule has 2 N–H and O–H groups in total. The first-order valence-corrected chi connectivity index (χ1v) is 8.88. The van der Waals surface area contributed by atoms with Crippen molar-refractivity contribution in [1.29, 1.82) is 0 Å². The summed E-state index contributed by atoms with van der Waals surface area (Å²) in [6.45, 7) is 4.30. The standard InChI is InChI=1S/C20H24N2O4/c1-13(2)21-17-10-8-15-16(20(17)23)9-11-18(19(15)22(24)25)26-12-14-6-4-3-5-7-14/h3-7,9,11,13,17,20-21,23H,8,10,12H2,1-2H3. The molecule has 2 aromatic rings. The summed E-state index contributed by atoms with van der Waals surface area (Å²) in [6, 6.07) is 13.0. The molecule has 0 fully saturated rings. The first kappa shape index (κ1) is 18.4. The van der Waals surface area contributed by atoms with Gasteiger partial charge < -0.3 is 15.2 Å². The maximum Gasteiger partial charge on any atom is 0.314 e. The first-order chi connectivity index (χ1) is 12.5. The maximum atomic E-state index is 11.7. The molecular formula is C20H24N2O4. The van der Waals surface area contributed by atoms with Crippen molar-refractivity contribution in [3.05, 3.63) is 69.3 Å². The normalized spacial score (nSPS) is 19.2. The highest BCUT2D eigenvalue weighted by Gasteiger charge is 2.34. The summed E-state index contributed by atoms with van der Waals surface area (Å²) in [7, 11) is 0. The number of nitro groups is 1. The number of fused-ring (bicyclic) bond motifs is 1. The average molecular weight is 356 g/mol. The van der Waals surface area contributed by atoms with Crippen LogP contribution in [-0.2, 0) is 13.0 Å². The van der Waals surface area contributed by atoms with Gasteiger partial charge in [0, 0.05) is 17.6 Å². The number of nitrogens with one attached hydrogen (secondary N) is 1. The van der Waals surface area contributed by atoms with E-state index >= 15 is 0 Å². The summed E-state index contributed by atoms with van der Waals surface area (Å²) >= 11 is 0. The third kappa shape index (κ3) is 3.86. The van der Waals surface area contributed by atoms with Gasteiger partial charge in [-0.15, -0.1) is 0 Å². The maximum absolute atomic E-state index is 11.7. The Labute approximate surface area is 153 Å². The Morgan fingerprint density at radius 1 is 1.27 bits per heavy atom. The van der Waals surface area contributed by atoms with Gasteiger partial charge in [-0.1, -0.05) is 50.2 Å². The summed E-state index contributed by atoms with van der Waals surface area (Å²) in [5.74, 6) is 0.250. The molecule has 2 unspecified atom stereocenters. The van der Waals surface area contributed by atoms with Gasteiger partial charge >= 0.3 is 5.69 Å². The van der Waals surface area contributed by atoms with Crippen LogP contribution in [0.1, 0.15) is 43.1 Å². The minimum absolute atomic E-state index is 0.0273. The van der Waals surface area contributed by atoms with Gasteiger partial charge in [0.1, 0.15) is 6.61 Å². The quantitative estimate of drug-likeness (QED) is 0.611. The molecule has 0 aromatic heterocycles. The molecule has 3 rings (SSSR count). The topological polar surface area (TPSA) is 84.6 Å². The zero-order valence-electron chi connectivity index (χ0n) is 15.0. The summed E-state index contributed by atoms with van der Waals surface area (Å²) in [5.41, 5.74) is 2.12. The van der Waals surface area contributed by atoms with Gasteiger partial charge in [0.2, 0.25) is 0 Å². The van der Waals surface area contributed by atoms with Crippen LogP contribution in [0.4, 0.5) is 5.69 Å². The second-order valence-corrected chi connectivity index (χ2v) is 6.92. The number of aliphatic hydroxyl groups excluding tert-OH is 1. The Kier molecular flexibility index (Phi) is 5.54. The molecule has 2 aromatic carbocycles. The number of benzene rings is 2. The van der Waals surface area contributed by atoms with E-state index in [1.807, 2.05) is 44.2 Å². The summed E-state index contributed by atoms with van der Waals surface area (Å²) in [6.07, 6.45) is 0.424. The summed E-state index contributed by atoms with van der Waals surface area (Å²) in [4.78, 5) is 11.3. The lowest BCUT2D eigenvalue weighted by Crippen LogP contribution is -2.42. The van der Waals surface area contributed by atoms with Crippen molar-refractivity contribution in [3.8, 4) is 5.75 Å². The highest BCUT2D eigenvalue weighted by molar-refractivity contribution is 5.58. The number of nitro benzene ring substituents is 1. The van der Waals surface area contributed by atoms with Crippen molar-refractivity contribution in [1.82, 2.24) is 5.32 Å². The van der Waals surface area contributed by atoms with Crippen LogP contribution in [0.3, 0.4) is 0 Å². The van der Waals surface area contributed by atoms with Gasteiger partial charge in [0.05, 0.1) is 11.0 Å². The second kappa shape index (κ2) is 7.85. The lowest BCUT2D eigenvalue weighted by Gasteiger charge is -2.32. The zero-order valence-corrected chi connectivity index (χ0v) is 15.0. The third-order valence-electron chi connectivity index (χ3n) is 4.65. The van der Waals surface area contributed by atoms with Gasteiger partial charge in [-0.2, -0.15) is 0 Å². The molecule has 138 valence electrons. The van der Waals surface area contributed by atoms with E-state index in [0.29, 0.717) is 24.0 Å². The molecule has 0 spiro atoms. The van der Waals surface area contributed by atoms with Crippen molar-refractivity contribution in [2.75, 3.05) is 0 Å². The fourth-order valence-corrected chi connectivity index (χ4v) is 3.50. The fraction of sp³-hybridized carbons (Fsp3) is 0.400. The minimum Gasteiger partial charge on any atom is -0.482 e. The van der Waals surface area contributed by atoms with Crippen molar-refractivity contribution in [3.63, 3.8) is 0 Å². The van der Waals surface area contributed by atoms with E-state index in [1.165, 1.54) is 0 Å². The Morgan fingerprint density at radius 3 is 2.65 bits per heavy atom. The summed E-state index contributed by atoms with van der Waals surface area (Å²) in [5, 5.41) is 25.7. The van der Waals surface area contributed by atoms with Gasteiger partial charge in [-0.25, -0.2) is 0 Å². The Balaban J connectivity index is 1.88. The number of rotatable bonds is 6. The molecule has 2 atom stereocenters. The predicted octanol–water partition coefficient (Wildman–Crippen LogP) is 3.52. The van der Waals surface area contributed by atoms with Crippen molar-refractivity contribution in [2.45, 2.75) is 51.5 Å². The van der Waals surface area contributed by atoms with Crippen LogP contribution in [0.5, 0.6) is 5.75 Å². The number of aliphatic hydroxyl groups is 1. The van der Waals surface area contributed by atoms with Crippen LogP contribution in [0, 0.1) is 10.1 Å². The van der Waals surface area contributed by atoms with Crippen molar-refractivity contribution >= 4 is 5.69 Å². The Morgan fingerprint density at radius 2 is 2.00 bits per heavy atom. The fourth-order valence-electron chi connectivity index (χ4n) is 3.50. The molecule has 0 radical (unpaired) electrons. The second-order valence-electron chi connectivity index (χ2n) is 6.92. The minimum atomic E-state index is -0.761. The number of ether oxygens (including phenoxy) is 1. The van der Waals surface area contributed by atoms with E-state index in [1.54, 1.807) is 12.1 Å². The largest absolute Gasteiger partial charge is 0.482 e. The molecule has 26 heavy (non-hydrogen) atoms. The van der Waals surface area contributed by atoms with Gasteiger partial charge in [-0.3, -0.25) is 10.1 Å². The lowest BCUT2D eigenvalue weighted by molar-refractivity contribution is -0.386. The zero-order chi connectivity index (χ0) is 18.7. The van der Waals surface area contributed by atoms with Crippen LogP contribution < -0.4 is 10.1 Å².